The molecular weight excluding hydrogens is 364 g/mol. The molecule has 2 heterocycles. The Bertz CT molecular complexity index is 1080. The lowest BCUT2D eigenvalue weighted by Crippen LogP contribution is -2.37. The Labute approximate surface area is 169 Å². The molecule has 7 nitrogen and oxygen atoms in total. The second kappa shape index (κ2) is 9.05. The fraction of sp³-hybridized carbons (Fsp3) is 0.227. The van der Waals surface area contributed by atoms with Crippen LogP contribution >= 0.6 is 0 Å². The summed E-state index contributed by atoms with van der Waals surface area (Å²) < 4.78 is 7.75. The SMILES string of the molecule is CN=C(NCCCn1cnc2ccccc21)NCc1coc(-c2ccccc2)n1. The molecule has 7 heteroatoms. The zero-order valence-corrected chi connectivity index (χ0v) is 16.4. The van der Waals surface area contributed by atoms with E-state index in [0.717, 1.165) is 47.8 Å². The average molecular weight is 388 g/mol. The van der Waals surface area contributed by atoms with Crippen molar-refractivity contribution < 1.29 is 4.42 Å². The Kier molecular flexibility index (Phi) is 5.85. The van der Waals surface area contributed by atoms with E-state index in [4.69, 9.17) is 4.42 Å². The van der Waals surface area contributed by atoms with Gasteiger partial charge in [0.25, 0.3) is 0 Å². The van der Waals surface area contributed by atoms with Crippen LogP contribution in [0.2, 0.25) is 0 Å². The van der Waals surface area contributed by atoms with Crippen LogP contribution in [0, 0.1) is 0 Å². The van der Waals surface area contributed by atoms with Crippen molar-refractivity contribution in [3.05, 3.63) is 72.9 Å². The van der Waals surface area contributed by atoms with Crippen LogP contribution in [-0.4, -0.2) is 34.1 Å². The molecule has 0 bridgehead atoms. The van der Waals surface area contributed by atoms with E-state index >= 15 is 0 Å². The molecule has 4 rings (SSSR count). The summed E-state index contributed by atoms with van der Waals surface area (Å²) in [5.74, 6) is 1.36. The van der Waals surface area contributed by atoms with Gasteiger partial charge in [0.15, 0.2) is 5.96 Å². The van der Waals surface area contributed by atoms with Crippen LogP contribution < -0.4 is 10.6 Å². The Morgan fingerprint density at radius 2 is 1.90 bits per heavy atom. The van der Waals surface area contributed by atoms with Gasteiger partial charge >= 0.3 is 0 Å². The van der Waals surface area contributed by atoms with E-state index in [2.05, 4.69) is 36.2 Å². The number of nitrogens with zero attached hydrogens (tertiary/aromatic N) is 4. The van der Waals surface area contributed by atoms with E-state index < -0.39 is 0 Å². The van der Waals surface area contributed by atoms with Gasteiger partial charge in [-0.2, -0.15) is 0 Å². The molecule has 0 fully saturated rings. The molecule has 4 aromatic rings. The van der Waals surface area contributed by atoms with Gasteiger partial charge in [0.2, 0.25) is 5.89 Å². The van der Waals surface area contributed by atoms with Gasteiger partial charge in [-0.15, -0.1) is 0 Å². The predicted octanol–water partition coefficient (Wildman–Crippen LogP) is 3.45. The molecule has 0 saturated carbocycles. The number of hydrogen-bond donors (Lipinski definition) is 2. The topological polar surface area (TPSA) is 80.3 Å². The first-order chi connectivity index (χ1) is 14.3. The average Bonchev–Trinajstić information content (AvgIpc) is 3.41. The largest absolute Gasteiger partial charge is 0.444 e. The van der Waals surface area contributed by atoms with Gasteiger partial charge in [0.1, 0.15) is 6.26 Å². The third-order valence-electron chi connectivity index (χ3n) is 4.63. The highest BCUT2D eigenvalue weighted by molar-refractivity contribution is 5.79. The highest BCUT2D eigenvalue weighted by Gasteiger charge is 2.07. The van der Waals surface area contributed by atoms with Gasteiger partial charge in [-0.3, -0.25) is 4.99 Å². The van der Waals surface area contributed by atoms with Gasteiger partial charge in [-0.05, 0) is 30.7 Å². The summed E-state index contributed by atoms with van der Waals surface area (Å²) in [5, 5.41) is 6.61. The lowest BCUT2D eigenvalue weighted by atomic mass is 10.2. The lowest BCUT2D eigenvalue weighted by molar-refractivity contribution is 0.572. The zero-order chi connectivity index (χ0) is 19.9. The van der Waals surface area contributed by atoms with Gasteiger partial charge < -0.3 is 19.6 Å². The van der Waals surface area contributed by atoms with Crippen LogP contribution in [0.3, 0.4) is 0 Å². The third kappa shape index (κ3) is 4.63. The molecular formula is C22H24N6O. The molecule has 0 aliphatic rings. The van der Waals surface area contributed by atoms with Crippen LogP contribution in [0.15, 0.2) is 76.6 Å². The molecule has 0 aliphatic heterocycles. The molecule has 2 aromatic carbocycles. The molecule has 0 amide bonds. The van der Waals surface area contributed by atoms with Gasteiger partial charge in [0.05, 0.1) is 29.6 Å². The first-order valence-electron chi connectivity index (χ1n) is 9.68. The number of para-hydroxylation sites is 2. The van der Waals surface area contributed by atoms with Crippen LogP contribution in [0.1, 0.15) is 12.1 Å². The van der Waals surface area contributed by atoms with Crippen molar-refractivity contribution >= 4 is 17.0 Å². The van der Waals surface area contributed by atoms with Crippen LogP contribution in [0.5, 0.6) is 0 Å². The van der Waals surface area contributed by atoms with Crippen molar-refractivity contribution in [1.29, 1.82) is 0 Å². The zero-order valence-electron chi connectivity index (χ0n) is 16.4. The molecule has 29 heavy (non-hydrogen) atoms. The van der Waals surface area contributed by atoms with Crippen LogP contribution in [0.25, 0.3) is 22.5 Å². The molecule has 0 atom stereocenters. The molecule has 0 saturated heterocycles. The fourth-order valence-electron chi connectivity index (χ4n) is 3.14. The number of rotatable bonds is 7. The maximum atomic E-state index is 5.57. The molecule has 0 aliphatic carbocycles. The number of aryl methyl sites for hydroxylation is 1. The first kappa shape index (κ1) is 18.7. The normalized spacial score (nSPS) is 11.7. The molecule has 0 unspecified atom stereocenters. The second-order valence-corrected chi connectivity index (χ2v) is 6.64. The van der Waals surface area contributed by atoms with E-state index in [1.54, 1.807) is 13.3 Å². The fourth-order valence-corrected chi connectivity index (χ4v) is 3.14. The molecule has 148 valence electrons. The Morgan fingerprint density at radius 3 is 2.76 bits per heavy atom. The smallest absolute Gasteiger partial charge is 0.226 e. The van der Waals surface area contributed by atoms with E-state index in [-0.39, 0.29) is 0 Å². The number of guanidine groups is 1. The van der Waals surface area contributed by atoms with E-state index in [0.29, 0.717) is 12.4 Å². The second-order valence-electron chi connectivity index (χ2n) is 6.64. The van der Waals surface area contributed by atoms with E-state index in [1.165, 1.54) is 0 Å². The molecule has 2 N–H and O–H groups in total. The van der Waals surface area contributed by atoms with Crippen LogP contribution in [0.4, 0.5) is 0 Å². The summed E-state index contributed by atoms with van der Waals surface area (Å²) in [6.45, 7) is 2.25. The number of oxazole rings is 1. The maximum Gasteiger partial charge on any atom is 0.226 e. The van der Waals surface area contributed by atoms with E-state index in [1.807, 2.05) is 54.9 Å². The highest BCUT2D eigenvalue weighted by atomic mass is 16.3. The number of aliphatic imine (C=N–C) groups is 1. The predicted molar refractivity (Wildman–Crippen MR) is 114 cm³/mol. The van der Waals surface area contributed by atoms with Crippen molar-refractivity contribution in [3.8, 4) is 11.5 Å². The number of benzene rings is 2. The lowest BCUT2D eigenvalue weighted by Gasteiger charge is -2.11. The summed E-state index contributed by atoms with van der Waals surface area (Å²) in [6.07, 6.45) is 4.53. The maximum absolute atomic E-state index is 5.57. The number of imidazole rings is 1. The Balaban J connectivity index is 1.23. The van der Waals surface area contributed by atoms with Crippen molar-refractivity contribution in [3.63, 3.8) is 0 Å². The van der Waals surface area contributed by atoms with Crippen molar-refractivity contribution in [2.45, 2.75) is 19.5 Å². The quantitative estimate of drug-likeness (QED) is 0.288. The van der Waals surface area contributed by atoms with Gasteiger partial charge in [0, 0.05) is 25.7 Å². The first-order valence-corrected chi connectivity index (χ1v) is 9.68. The van der Waals surface area contributed by atoms with Crippen molar-refractivity contribution in [2.75, 3.05) is 13.6 Å². The number of fused-ring (bicyclic) bond motifs is 1. The number of nitrogens with one attached hydrogen (secondary N) is 2. The summed E-state index contributed by atoms with van der Waals surface area (Å²) >= 11 is 0. The van der Waals surface area contributed by atoms with E-state index in [9.17, 15) is 0 Å². The highest BCUT2D eigenvalue weighted by Crippen LogP contribution is 2.17. The number of hydrogen-bond acceptors (Lipinski definition) is 4. The molecule has 0 spiro atoms. The number of aromatic nitrogens is 3. The van der Waals surface area contributed by atoms with Crippen LogP contribution in [-0.2, 0) is 13.1 Å². The standard InChI is InChI=1S/C22H24N6O/c1-23-22(24-12-7-13-28-16-26-19-10-5-6-11-20(19)28)25-14-18-15-29-21(27-18)17-8-3-2-4-9-17/h2-6,8-11,15-16H,7,12-14H2,1H3,(H2,23,24,25). The Morgan fingerprint density at radius 1 is 1.07 bits per heavy atom. The van der Waals surface area contributed by atoms with Crippen molar-refractivity contribution in [1.82, 2.24) is 25.2 Å². The molecule has 0 radical (unpaired) electrons. The van der Waals surface area contributed by atoms with Gasteiger partial charge in [-0.25, -0.2) is 9.97 Å². The molecule has 2 aromatic heterocycles. The summed E-state index contributed by atoms with van der Waals surface area (Å²) in [4.78, 5) is 13.2. The minimum atomic E-state index is 0.544. The Hall–Kier alpha value is -3.61. The van der Waals surface area contributed by atoms with Crippen molar-refractivity contribution in [2.24, 2.45) is 4.99 Å². The summed E-state index contributed by atoms with van der Waals surface area (Å²) in [5.41, 5.74) is 3.99. The minimum Gasteiger partial charge on any atom is -0.444 e. The monoisotopic (exact) mass is 388 g/mol. The van der Waals surface area contributed by atoms with Gasteiger partial charge in [-0.1, -0.05) is 30.3 Å². The summed E-state index contributed by atoms with van der Waals surface area (Å²) in [6, 6.07) is 18.0. The minimum absolute atomic E-state index is 0.544. The summed E-state index contributed by atoms with van der Waals surface area (Å²) in [7, 11) is 1.76. The third-order valence-corrected chi connectivity index (χ3v) is 4.63.